The predicted molar refractivity (Wildman–Crippen MR) is 73.9 cm³/mol. The van der Waals surface area contributed by atoms with E-state index in [9.17, 15) is 9.59 Å². The van der Waals surface area contributed by atoms with Gasteiger partial charge in [-0.3, -0.25) is 9.59 Å². The van der Waals surface area contributed by atoms with E-state index >= 15 is 0 Å². The van der Waals surface area contributed by atoms with Crippen molar-refractivity contribution in [1.82, 2.24) is 10.3 Å². The molecule has 6 nitrogen and oxygen atoms in total. The van der Waals surface area contributed by atoms with Gasteiger partial charge in [0.15, 0.2) is 0 Å². The molecule has 0 spiro atoms. The fraction of sp³-hybridized carbons (Fsp3) is 0.462. The highest BCUT2D eigenvalue weighted by Crippen LogP contribution is 2.11. The van der Waals surface area contributed by atoms with E-state index in [4.69, 9.17) is 5.73 Å². The van der Waals surface area contributed by atoms with Crippen LogP contribution in [0.2, 0.25) is 0 Å². The van der Waals surface area contributed by atoms with Crippen LogP contribution < -0.4 is 16.4 Å². The molecule has 1 aromatic rings. The summed E-state index contributed by atoms with van der Waals surface area (Å²) < 4.78 is 0. The van der Waals surface area contributed by atoms with Crippen molar-refractivity contribution in [2.75, 3.05) is 12.4 Å². The minimum absolute atomic E-state index is 0.121. The van der Waals surface area contributed by atoms with E-state index in [0.29, 0.717) is 11.4 Å². The molecule has 1 unspecified atom stereocenters. The van der Waals surface area contributed by atoms with Crippen LogP contribution in [0.4, 0.5) is 5.82 Å². The first-order valence-corrected chi connectivity index (χ1v) is 6.24. The predicted octanol–water partition coefficient (Wildman–Crippen LogP) is 0.679. The lowest BCUT2D eigenvalue weighted by Crippen LogP contribution is -2.35. The van der Waals surface area contributed by atoms with E-state index in [1.54, 1.807) is 26.1 Å². The molecule has 0 aliphatic heterocycles. The Bertz CT molecular complexity index is 451. The average Bonchev–Trinajstić information content (AvgIpc) is 2.36. The van der Waals surface area contributed by atoms with Crippen LogP contribution in [0.1, 0.15) is 36.3 Å². The van der Waals surface area contributed by atoms with Crippen LogP contribution in [-0.4, -0.2) is 29.9 Å². The van der Waals surface area contributed by atoms with Crippen LogP contribution in [0.15, 0.2) is 12.1 Å². The number of nitrogens with one attached hydrogen (secondary N) is 2. The topological polar surface area (TPSA) is 97.1 Å². The van der Waals surface area contributed by atoms with Gasteiger partial charge >= 0.3 is 0 Å². The third-order valence-electron chi connectivity index (χ3n) is 2.64. The highest BCUT2D eigenvalue weighted by Gasteiger charge is 2.13. The molecule has 1 heterocycles. The Morgan fingerprint density at radius 1 is 1.42 bits per heavy atom. The number of amides is 2. The standard InChI is InChI=1S/C13H20N4O2/c1-4-10-6-9(7-12(15-3)17-10)13(19)16-8(2)5-11(14)18/h6-8H,4-5H2,1-3H3,(H2,14,18)(H,15,17)(H,16,19). The van der Waals surface area contributed by atoms with Gasteiger partial charge in [0.1, 0.15) is 5.82 Å². The molecule has 0 fully saturated rings. The third kappa shape index (κ3) is 4.57. The van der Waals surface area contributed by atoms with Crippen molar-refractivity contribution in [2.45, 2.75) is 32.7 Å². The number of aryl methyl sites for hydroxylation is 1. The highest BCUT2D eigenvalue weighted by molar-refractivity contribution is 5.95. The normalized spacial score (nSPS) is 11.7. The van der Waals surface area contributed by atoms with E-state index in [1.165, 1.54) is 0 Å². The maximum absolute atomic E-state index is 12.1. The van der Waals surface area contributed by atoms with Gasteiger partial charge in [0.25, 0.3) is 5.91 Å². The third-order valence-corrected chi connectivity index (χ3v) is 2.64. The number of primary amides is 1. The molecule has 0 aromatic carbocycles. The number of pyridine rings is 1. The zero-order valence-electron chi connectivity index (χ0n) is 11.5. The number of hydrogen-bond donors (Lipinski definition) is 3. The summed E-state index contributed by atoms with van der Waals surface area (Å²) in [5.41, 5.74) is 6.44. The zero-order valence-corrected chi connectivity index (χ0v) is 11.5. The van der Waals surface area contributed by atoms with Gasteiger partial charge in [0, 0.05) is 30.8 Å². The first kappa shape index (κ1) is 14.9. The van der Waals surface area contributed by atoms with Crippen LogP contribution in [0.3, 0.4) is 0 Å². The number of carbonyl (C=O) groups is 2. The molecule has 0 saturated heterocycles. The quantitative estimate of drug-likeness (QED) is 0.703. The molecule has 0 bridgehead atoms. The number of hydrogen-bond acceptors (Lipinski definition) is 4. The molecule has 6 heteroatoms. The van der Waals surface area contributed by atoms with Crippen molar-refractivity contribution in [1.29, 1.82) is 0 Å². The lowest BCUT2D eigenvalue weighted by Gasteiger charge is -2.13. The van der Waals surface area contributed by atoms with Gasteiger partial charge in [-0.05, 0) is 25.5 Å². The maximum Gasteiger partial charge on any atom is 0.251 e. The lowest BCUT2D eigenvalue weighted by atomic mass is 10.1. The van der Waals surface area contributed by atoms with Crippen molar-refractivity contribution in [2.24, 2.45) is 5.73 Å². The molecule has 0 radical (unpaired) electrons. The summed E-state index contributed by atoms with van der Waals surface area (Å²) in [6.07, 6.45) is 0.864. The van der Waals surface area contributed by atoms with Gasteiger partial charge < -0.3 is 16.4 Å². The maximum atomic E-state index is 12.1. The molecule has 1 aromatic heterocycles. The number of rotatable bonds is 6. The van der Waals surface area contributed by atoms with Gasteiger partial charge in [-0.1, -0.05) is 6.92 Å². The summed E-state index contributed by atoms with van der Waals surface area (Å²) in [4.78, 5) is 27.1. The Hall–Kier alpha value is -2.11. The molecular formula is C13H20N4O2. The van der Waals surface area contributed by atoms with Crippen molar-refractivity contribution >= 4 is 17.6 Å². The van der Waals surface area contributed by atoms with E-state index in [1.807, 2.05) is 6.92 Å². The number of nitrogens with two attached hydrogens (primary N) is 1. The van der Waals surface area contributed by atoms with Gasteiger partial charge in [-0.25, -0.2) is 4.98 Å². The highest BCUT2D eigenvalue weighted by atomic mass is 16.2. The molecule has 1 atom stereocenters. The Balaban J connectivity index is 2.83. The van der Waals surface area contributed by atoms with E-state index < -0.39 is 5.91 Å². The first-order valence-electron chi connectivity index (χ1n) is 6.24. The Morgan fingerprint density at radius 2 is 2.11 bits per heavy atom. The van der Waals surface area contributed by atoms with Crippen molar-refractivity contribution in [3.8, 4) is 0 Å². The van der Waals surface area contributed by atoms with E-state index in [0.717, 1.165) is 12.1 Å². The lowest BCUT2D eigenvalue weighted by molar-refractivity contribution is -0.118. The molecule has 1 rings (SSSR count). The molecule has 0 aliphatic rings. The van der Waals surface area contributed by atoms with Crippen LogP contribution in [0.5, 0.6) is 0 Å². The Morgan fingerprint density at radius 3 is 2.63 bits per heavy atom. The van der Waals surface area contributed by atoms with Crippen molar-refractivity contribution < 1.29 is 9.59 Å². The number of aromatic nitrogens is 1. The monoisotopic (exact) mass is 264 g/mol. The van der Waals surface area contributed by atoms with Crippen LogP contribution in [0.25, 0.3) is 0 Å². The molecular weight excluding hydrogens is 244 g/mol. The molecule has 4 N–H and O–H groups in total. The average molecular weight is 264 g/mol. The van der Waals surface area contributed by atoms with Crippen LogP contribution >= 0.6 is 0 Å². The summed E-state index contributed by atoms with van der Waals surface area (Å²) >= 11 is 0. The summed E-state index contributed by atoms with van der Waals surface area (Å²) in [6.45, 7) is 3.71. The van der Waals surface area contributed by atoms with E-state index in [2.05, 4.69) is 15.6 Å². The summed E-state index contributed by atoms with van der Waals surface area (Å²) in [7, 11) is 1.75. The molecule has 0 saturated carbocycles. The van der Waals surface area contributed by atoms with Crippen molar-refractivity contribution in [3.05, 3.63) is 23.4 Å². The fourth-order valence-corrected chi connectivity index (χ4v) is 1.69. The van der Waals surface area contributed by atoms with Crippen molar-refractivity contribution in [3.63, 3.8) is 0 Å². The smallest absolute Gasteiger partial charge is 0.251 e. The SMILES string of the molecule is CCc1cc(C(=O)NC(C)CC(N)=O)cc(NC)n1. The minimum Gasteiger partial charge on any atom is -0.373 e. The Labute approximate surface area is 112 Å². The first-order chi connectivity index (χ1) is 8.96. The summed E-state index contributed by atoms with van der Waals surface area (Å²) in [5.74, 6) is -0.0258. The van der Waals surface area contributed by atoms with Crippen LogP contribution in [-0.2, 0) is 11.2 Å². The second-order valence-corrected chi connectivity index (χ2v) is 4.38. The minimum atomic E-state index is -0.437. The van der Waals surface area contributed by atoms with Gasteiger partial charge in [0.2, 0.25) is 5.91 Å². The number of carbonyl (C=O) groups excluding carboxylic acids is 2. The summed E-state index contributed by atoms with van der Waals surface area (Å²) in [5, 5.41) is 5.65. The second kappa shape index (κ2) is 6.72. The summed E-state index contributed by atoms with van der Waals surface area (Å²) in [6, 6.07) is 3.12. The largest absolute Gasteiger partial charge is 0.373 e. The van der Waals surface area contributed by atoms with Gasteiger partial charge in [-0.15, -0.1) is 0 Å². The molecule has 2 amide bonds. The second-order valence-electron chi connectivity index (χ2n) is 4.38. The molecule has 0 aliphatic carbocycles. The van der Waals surface area contributed by atoms with Crippen LogP contribution in [0, 0.1) is 0 Å². The van der Waals surface area contributed by atoms with E-state index in [-0.39, 0.29) is 18.4 Å². The Kier molecular flexibility index (Phi) is 5.29. The molecule has 104 valence electrons. The fourth-order valence-electron chi connectivity index (χ4n) is 1.69. The molecule has 19 heavy (non-hydrogen) atoms. The zero-order chi connectivity index (χ0) is 14.4. The van der Waals surface area contributed by atoms with Gasteiger partial charge in [-0.2, -0.15) is 0 Å². The number of anilines is 1. The number of nitrogens with zero attached hydrogens (tertiary/aromatic N) is 1. The van der Waals surface area contributed by atoms with Gasteiger partial charge in [0.05, 0.1) is 0 Å².